The number of hydrogen-bond acceptors (Lipinski definition) is 4. The summed E-state index contributed by atoms with van der Waals surface area (Å²) in [4.78, 5) is 8.82. The van der Waals surface area contributed by atoms with Gasteiger partial charge in [-0.1, -0.05) is 32.4 Å². The maximum Gasteiger partial charge on any atom is 0.137 e. The van der Waals surface area contributed by atoms with Gasteiger partial charge in [0.05, 0.1) is 6.20 Å². The molecule has 0 atom stereocenters. The fraction of sp³-hybridized carbons (Fsp3) is 0.533. The Balaban J connectivity index is 1.91. The average molecular weight is 308 g/mol. The van der Waals surface area contributed by atoms with Crippen LogP contribution in [0.25, 0.3) is 0 Å². The summed E-state index contributed by atoms with van der Waals surface area (Å²) in [7, 11) is 0. The van der Waals surface area contributed by atoms with Crippen LogP contribution in [0.15, 0.2) is 12.3 Å². The van der Waals surface area contributed by atoms with Gasteiger partial charge in [0.2, 0.25) is 0 Å². The molecular weight excluding hydrogens is 286 g/mol. The van der Waals surface area contributed by atoms with Crippen molar-refractivity contribution in [3.05, 3.63) is 34.5 Å². The van der Waals surface area contributed by atoms with E-state index in [1.165, 1.54) is 5.56 Å². The van der Waals surface area contributed by atoms with E-state index in [9.17, 15) is 0 Å². The third kappa shape index (κ3) is 4.43. The van der Waals surface area contributed by atoms with Gasteiger partial charge in [0.1, 0.15) is 16.8 Å². The van der Waals surface area contributed by atoms with Crippen molar-refractivity contribution < 1.29 is 0 Å². The Hall–Kier alpha value is -1.62. The smallest absolute Gasteiger partial charge is 0.137 e. The van der Waals surface area contributed by atoms with Crippen molar-refractivity contribution in [2.24, 2.45) is 0 Å². The molecule has 0 radical (unpaired) electrons. The molecule has 114 valence electrons. The fourth-order valence-corrected chi connectivity index (χ4v) is 2.15. The monoisotopic (exact) mass is 307 g/mol. The lowest BCUT2D eigenvalue weighted by atomic mass is 9.96. The molecule has 0 bridgehead atoms. The molecule has 2 N–H and O–H groups in total. The maximum atomic E-state index is 6.07. The highest BCUT2D eigenvalue weighted by atomic mass is 35.5. The van der Waals surface area contributed by atoms with E-state index in [4.69, 9.17) is 11.6 Å². The molecule has 0 unspecified atom stereocenters. The van der Waals surface area contributed by atoms with Crippen LogP contribution in [0.3, 0.4) is 0 Å². The summed E-state index contributed by atoms with van der Waals surface area (Å²) in [5, 5.41) is 10.8. The van der Waals surface area contributed by atoms with Gasteiger partial charge in [-0.15, -0.1) is 0 Å². The molecule has 0 fully saturated rings. The number of nitrogens with one attached hydrogen (secondary N) is 2. The number of anilines is 1. The van der Waals surface area contributed by atoms with E-state index >= 15 is 0 Å². The van der Waals surface area contributed by atoms with E-state index < -0.39 is 0 Å². The van der Waals surface area contributed by atoms with Crippen LogP contribution < -0.4 is 5.32 Å². The second-order valence-corrected chi connectivity index (χ2v) is 6.59. The topological polar surface area (TPSA) is 66.5 Å². The molecule has 2 aromatic rings. The van der Waals surface area contributed by atoms with Crippen molar-refractivity contribution >= 4 is 17.4 Å². The number of halogens is 1. The molecule has 0 aliphatic carbocycles. The van der Waals surface area contributed by atoms with Crippen molar-refractivity contribution in [1.82, 2.24) is 20.2 Å². The second kappa shape index (κ2) is 6.43. The minimum absolute atomic E-state index is 0.116. The van der Waals surface area contributed by atoms with Gasteiger partial charge in [0.25, 0.3) is 0 Å². The predicted molar refractivity (Wildman–Crippen MR) is 85.9 cm³/mol. The van der Waals surface area contributed by atoms with E-state index in [2.05, 4.69) is 46.3 Å². The van der Waals surface area contributed by atoms with Crippen LogP contribution in [0.1, 0.15) is 44.3 Å². The molecule has 5 nitrogen and oxygen atoms in total. The molecule has 0 amide bonds. The molecule has 2 aromatic heterocycles. The standard InChI is InChI=1S/C15H22ClN5/c1-10-11(9-18-21-10)6-5-7-17-13-8-12(16)19-14(20-13)15(2,3)4/h8-9H,5-7H2,1-4H3,(H,18,21)(H,17,19,20). The number of H-pyrrole nitrogens is 1. The van der Waals surface area contributed by atoms with Crippen LogP contribution in [0.4, 0.5) is 5.82 Å². The lowest BCUT2D eigenvalue weighted by Crippen LogP contribution is -2.17. The van der Waals surface area contributed by atoms with Crippen LogP contribution in [0, 0.1) is 6.92 Å². The van der Waals surface area contributed by atoms with Crippen molar-refractivity contribution in [2.75, 3.05) is 11.9 Å². The first-order valence-electron chi connectivity index (χ1n) is 7.14. The highest BCUT2D eigenvalue weighted by Gasteiger charge is 2.18. The molecule has 0 aliphatic rings. The van der Waals surface area contributed by atoms with Gasteiger partial charge < -0.3 is 5.32 Å². The Morgan fingerprint density at radius 2 is 2.05 bits per heavy atom. The summed E-state index contributed by atoms with van der Waals surface area (Å²) in [5.41, 5.74) is 2.28. The fourth-order valence-electron chi connectivity index (χ4n) is 1.97. The zero-order valence-corrected chi connectivity index (χ0v) is 13.8. The summed E-state index contributed by atoms with van der Waals surface area (Å²) in [6.45, 7) is 9.09. The first-order valence-corrected chi connectivity index (χ1v) is 7.52. The zero-order valence-electron chi connectivity index (χ0n) is 13.0. The minimum Gasteiger partial charge on any atom is -0.370 e. The largest absolute Gasteiger partial charge is 0.370 e. The molecule has 2 rings (SSSR count). The highest BCUT2D eigenvalue weighted by molar-refractivity contribution is 6.29. The Labute approximate surface area is 130 Å². The second-order valence-electron chi connectivity index (χ2n) is 6.20. The van der Waals surface area contributed by atoms with Crippen LogP contribution in [-0.4, -0.2) is 26.7 Å². The predicted octanol–water partition coefficient (Wildman–Crippen LogP) is 3.50. The summed E-state index contributed by atoms with van der Waals surface area (Å²) < 4.78 is 0. The molecule has 0 spiro atoms. The summed E-state index contributed by atoms with van der Waals surface area (Å²) >= 11 is 6.07. The first-order chi connectivity index (χ1) is 9.86. The molecule has 0 aromatic carbocycles. The number of aryl methyl sites for hydroxylation is 2. The molecule has 6 heteroatoms. The van der Waals surface area contributed by atoms with Gasteiger partial charge in [-0.3, -0.25) is 5.10 Å². The maximum absolute atomic E-state index is 6.07. The van der Waals surface area contributed by atoms with Gasteiger partial charge in [-0.2, -0.15) is 5.10 Å². The molecule has 0 saturated carbocycles. The van der Waals surface area contributed by atoms with Crippen LogP contribution in [0.5, 0.6) is 0 Å². The van der Waals surface area contributed by atoms with Gasteiger partial charge in [0.15, 0.2) is 0 Å². The van der Waals surface area contributed by atoms with Crippen molar-refractivity contribution in [2.45, 2.75) is 46.0 Å². The highest BCUT2D eigenvalue weighted by Crippen LogP contribution is 2.22. The Bertz CT molecular complexity index is 600. The van der Waals surface area contributed by atoms with Gasteiger partial charge in [-0.05, 0) is 25.3 Å². The van der Waals surface area contributed by atoms with Gasteiger partial charge >= 0.3 is 0 Å². The molecule has 0 aliphatic heterocycles. The Kier molecular flexibility index (Phi) is 4.83. The first kappa shape index (κ1) is 15.8. The Morgan fingerprint density at radius 3 is 2.67 bits per heavy atom. The number of rotatable bonds is 5. The van der Waals surface area contributed by atoms with Crippen LogP contribution in [-0.2, 0) is 11.8 Å². The third-order valence-corrected chi connectivity index (χ3v) is 3.42. The van der Waals surface area contributed by atoms with Crippen LogP contribution >= 0.6 is 11.6 Å². The lowest BCUT2D eigenvalue weighted by molar-refractivity contribution is 0.546. The third-order valence-electron chi connectivity index (χ3n) is 3.23. The lowest BCUT2D eigenvalue weighted by Gasteiger charge is -2.17. The van der Waals surface area contributed by atoms with Crippen molar-refractivity contribution in [3.8, 4) is 0 Å². The Morgan fingerprint density at radius 1 is 1.29 bits per heavy atom. The number of nitrogens with zero attached hydrogens (tertiary/aromatic N) is 3. The van der Waals surface area contributed by atoms with E-state index in [0.717, 1.165) is 36.7 Å². The zero-order chi connectivity index (χ0) is 15.5. The van der Waals surface area contributed by atoms with Crippen LogP contribution in [0.2, 0.25) is 5.15 Å². The van der Waals surface area contributed by atoms with Crippen molar-refractivity contribution in [1.29, 1.82) is 0 Å². The SMILES string of the molecule is Cc1[nH]ncc1CCCNc1cc(Cl)nc(C(C)(C)C)n1. The number of hydrogen-bond donors (Lipinski definition) is 2. The van der Waals surface area contributed by atoms with E-state index in [1.807, 2.05) is 13.1 Å². The molecule has 0 saturated heterocycles. The van der Waals surface area contributed by atoms with E-state index in [1.54, 1.807) is 6.07 Å². The quantitative estimate of drug-likeness (QED) is 0.655. The minimum atomic E-state index is -0.116. The number of aromatic amines is 1. The summed E-state index contributed by atoms with van der Waals surface area (Å²) in [6, 6.07) is 1.76. The number of aromatic nitrogens is 4. The average Bonchev–Trinajstić information content (AvgIpc) is 2.79. The van der Waals surface area contributed by atoms with E-state index in [-0.39, 0.29) is 5.41 Å². The van der Waals surface area contributed by atoms with E-state index in [0.29, 0.717) is 5.15 Å². The van der Waals surface area contributed by atoms with Gasteiger partial charge in [0, 0.05) is 23.7 Å². The summed E-state index contributed by atoms with van der Waals surface area (Å²) in [6.07, 6.45) is 3.88. The normalized spacial score (nSPS) is 11.7. The molecule has 2 heterocycles. The molecule has 21 heavy (non-hydrogen) atoms. The van der Waals surface area contributed by atoms with Gasteiger partial charge in [-0.25, -0.2) is 9.97 Å². The van der Waals surface area contributed by atoms with Crippen molar-refractivity contribution in [3.63, 3.8) is 0 Å². The molecular formula is C15H22ClN5. The summed E-state index contributed by atoms with van der Waals surface area (Å²) in [5.74, 6) is 1.53.